The SMILES string of the molecule is COC(=O)NN(Cc1ccc(-c2ccccn2)cc1)C(=O)[C@@H](N)C(C)(C)C. The zero-order valence-electron chi connectivity index (χ0n) is 16.1. The highest BCUT2D eigenvalue weighted by Gasteiger charge is 2.32. The number of nitrogens with two attached hydrogens (primary N) is 1. The van der Waals surface area contributed by atoms with E-state index in [4.69, 9.17) is 5.73 Å². The summed E-state index contributed by atoms with van der Waals surface area (Å²) in [5.74, 6) is -0.387. The van der Waals surface area contributed by atoms with E-state index in [1.54, 1.807) is 6.20 Å². The summed E-state index contributed by atoms with van der Waals surface area (Å²) >= 11 is 0. The number of ether oxygens (including phenoxy) is 1. The summed E-state index contributed by atoms with van der Waals surface area (Å²) in [7, 11) is 1.24. The van der Waals surface area contributed by atoms with Gasteiger partial charge in [0.2, 0.25) is 0 Å². The number of hydrogen-bond acceptors (Lipinski definition) is 5. The normalized spacial score (nSPS) is 12.2. The Morgan fingerprint density at radius 1 is 1.19 bits per heavy atom. The number of methoxy groups -OCH3 is 1. The third-order valence-corrected chi connectivity index (χ3v) is 4.13. The first-order chi connectivity index (χ1) is 12.7. The zero-order valence-corrected chi connectivity index (χ0v) is 16.1. The molecule has 0 bridgehead atoms. The molecule has 2 aromatic rings. The molecule has 0 saturated heterocycles. The van der Waals surface area contributed by atoms with Crippen molar-refractivity contribution in [2.45, 2.75) is 33.4 Å². The lowest BCUT2D eigenvalue weighted by Crippen LogP contribution is -2.55. The van der Waals surface area contributed by atoms with Crippen LogP contribution in [0.3, 0.4) is 0 Å². The number of hydrogen-bond donors (Lipinski definition) is 2. The molecule has 0 radical (unpaired) electrons. The van der Waals surface area contributed by atoms with Gasteiger partial charge in [-0.05, 0) is 23.1 Å². The fourth-order valence-corrected chi connectivity index (χ4v) is 2.36. The minimum absolute atomic E-state index is 0.167. The van der Waals surface area contributed by atoms with E-state index in [1.807, 2.05) is 63.2 Å². The van der Waals surface area contributed by atoms with Gasteiger partial charge < -0.3 is 10.5 Å². The van der Waals surface area contributed by atoms with Crippen LogP contribution in [0.2, 0.25) is 0 Å². The topological polar surface area (TPSA) is 97.5 Å². The number of rotatable bonds is 4. The van der Waals surface area contributed by atoms with Gasteiger partial charge in [0.25, 0.3) is 5.91 Å². The Labute approximate surface area is 159 Å². The Hall–Kier alpha value is -2.93. The summed E-state index contributed by atoms with van der Waals surface area (Å²) < 4.78 is 4.62. The molecule has 2 rings (SSSR count). The zero-order chi connectivity index (χ0) is 20.0. The van der Waals surface area contributed by atoms with E-state index in [9.17, 15) is 9.59 Å². The minimum atomic E-state index is -0.776. The van der Waals surface area contributed by atoms with E-state index in [0.717, 1.165) is 16.8 Å². The number of nitrogens with one attached hydrogen (secondary N) is 1. The highest BCUT2D eigenvalue weighted by Crippen LogP contribution is 2.21. The first-order valence-corrected chi connectivity index (χ1v) is 8.64. The monoisotopic (exact) mass is 370 g/mol. The molecule has 1 aromatic carbocycles. The fraction of sp³-hybridized carbons (Fsp3) is 0.350. The van der Waals surface area contributed by atoms with Gasteiger partial charge in [-0.1, -0.05) is 51.1 Å². The standard InChI is InChI=1S/C20H26N4O3/c1-20(2,3)17(21)18(25)24(23-19(26)27-4)13-14-8-10-15(11-9-14)16-7-5-6-12-22-16/h5-12,17H,13,21H2,1-4H3,(H,23,26)/t17-/m1/s1. The molecule has 0 spiro atoms. The number of nitrogens with zero attached hydrogens (tertiary/aromatic N) is 2. The van der Waals surface area contributed by atoms with Crippen LogP contribution in [0.25, 0.3) is 11.3 Å². The van der Waals surface area contributed by atoms with Crippen molar-refractivity contribution < 1.29 is 14.3 Å². The molecule has 1 heterocycles. The first kappa shape index (κ1) is 20.4. The predicted octanol–water partition coefficient (Wildman–Crippen LogP) is 2.72. The number of carbonyl (C=O) groups excluding carboxylic acids is 2. The molecule has 1 aromatic heterocycles. The maximum absolute atomic E-state index is 12.8. The average Bonchev–Trinajstić information content (AvgIpc) is 2.66. The minimum Gasteiger partial charge on any atom is -0.452 e. The van der Waals surface area contributed by atoms with Crippen LogP contribution in [0.1, 0.15) is 26.3 Å². The van der Waals surface area contributed by atoms with Gasteiger partial charge in [0.1, 0.15) is 0 Å². The van der Waals surface area contributed by atoms with Gasteiger partial charge in [0.15, 0.2) is 0 Å². The number of pyridine rings is 1. The lowest BCUT2D eigenvalue weighted by molar-refractivity contribution is -0.138. The number of amides is 2. The van der Waals surface area contributed by atoms with E-state index < -0.39 is 17.6 Å². The lowest BCUT2D eigenvalue weighted by atomic mass is 9.87. The Bertz CT molecular complexity index is 770. The quantitative estimate of drug-likeness (QED) is 0.807. The summed E-state index contributed by atoms with van der Waals surface area (Å²) in [4.78, 5) is 28.7. The molecule has 7 heteroatoms. The lowest BCUT2D eigenvalue weighted by Gasteiger charge is -2.31. The van der Waals surface area contributed by atoms with E-state index in [2.05, 4.69) is 15.1 Å². The second-order valence-corrected chi connectivity index (χ2v) is 7.28. The number of hydrazine groups is 1. The Kier molecular flexibility index (Phi) is 6.52. The molecule has 0 aliphatic carbocycles. The maximum Gasteiger partial charge on any atom is 0.425 e. The van der Waals surface area contributed by atoms with Crippen molar-refractivity contribution >= 4 is 12.0 Å². The molecule has 0 aliphatic heterocycles. The molecule has 0 aliphatic rings. The third-order valence-electron chi connectivity index (χ3n) is 4.13. The Morgan fingerprint density at radius 2 is 1.85 bits per heavy atom. The molecule has 2 amide bonds. The predicted molar refractivity (Wildman–Crippen MR) is 103 cm³/mol. The number of carbonyl (C=O) groups is 2. The number of benzene rings is 1. The van der Waals surface area contributed by atoms with Gasteiger partial charge in [-0.15, -0.1) is 0 Å². The van der Waals surface area contributed by atoms with Crippen molar-refractivity contribution in [2.24, 2.45) is 11.1 Å². The van der Waals surface area contributed by atoms with Crippen molar-refractivity contribution in [1.29, 1.82) is 0 Å². The summed E-state index contributed by atoms with van der Waals surface area (Å²) in [6.07, 6.45) is 1.01. The van der Waals surface area contributed by atoms with Crippen molar-refractivity contribution in [3.63, 3.8) is 0 Å². The van der Waals surface area contributed by atoms with Crippen molar-refractivity contribution in [3.05, 3.63) is 54.2 Å². The van der Waals surface area contributed by atoms with E-state index >= 15 is 0 Å². The van der Waals surface area contributed by atoms with Crippen molar-refractivity contribution in [1.82, 2.24) is 15.4 Å². The second kappa shape index (κ2) is 8.64. The van der Waals surface area contributed by atoms with Crippen LogP contribution >= 0.6 is 0 Å². The van der Waals surface area contributed by atoms with Crippen LogP contribution in [0.15, 0.2) is 48.7 Å². The maximum atomic E-state index is 12.8. The van der Waals surface area contributed by atoms with Gasteiger partial charge in [-0.25, -0.2) is 15.2 Å². The van der Waals surface area contributed by atoms with E-state index in [-0.39, 0.29) is 12.5 Å². The van der Waals surface area contributed by atoms with Crippen LogP contribution in [0, 0.1) is 5.41 Å². The molecular weight excluding hydrogens is 344 g/mol. The molecular formula is C20H26N4O3. The number of aromatic nitrogens is 1. The molecule has 7 nitrogen and oxygen atoms in total. The van der Waals surface area contributed by atoms with E-state index in [1.165, 1.54) is 12.1 Å². The van der Waals surface area contributed by atoms with Crippen molar-refractivity contribution in [3.8, 4) is 11.3 Å². The van der Waals surface area contributed by atoms with Crippen LogP contribution in [-0.4, -0.2) is 35.1 Å². The van der Waals surface area contributed by atoms with Crippen LogP contribution in [0.5, 0.6) is 0 Å². The van der Waals surface area contributed by atoms with Crippen LogP contribution < -0.4 is 11.2 Å². The smallest absolute Gasteiger partial charge is 0.425 e. The van der Waals surface area contributed by atoms with E-state index in [0.29, 0.717) is 0 Å². The summed E-state index contributed by atoms with van der Waals surface area (Å²) in [5.41, 5.74) is 10.7. The summed E-state index contributed by atoms with van der Waals surface area (Å²) in [6, 6.07) is 12.5. The van der Waals surface area contributed by atoms with Gasteiger partial charge in [-0.3, -0.25) is 9.78 Å². The van der Waals surface area contributed by atoms with Crippen molar-refractivity contribution in [2.75, 3.05) is 7.11 Å². The van der Waals surface area contributed by atoms with Gasteiger partial charge in [0, 0.05) is 11.8 Å². The first-order valence-electron chi connectivity index (χ1n) is 8.64. The average molecular weight is 370 g/mol. The molecule has 0 fully saturated rings. The molecule has 0 unspecified atom stereocenters. The highest BCUT2D eigenvalue weighted by molar-refractivity contribution is 5.84. The largest absolute Gasteiger partial charge is 0.452 e. The summed E-state index contributed by atoms with van der Waals surface area (Å²) in [6.45, 7) is 5.77. The van der Waals surface area contributed by atoms with Gasteiger partial charge in [0.05, 0.1) is 25.4 Å². The van der Waals surface area contributed by atoms with Gasteiger partial charge in [-0.2, -0.15) is 0 Å². The van der Waals surface area contributed by atoms with Crippen LogP contribution in [-0.2, 0) is 16.1 Å². The molecule has 1 atom stereocenters. The fourth-order valence-electron chi connectivity index (χ4n) is 2.36. The Morgan fingerprint density at radius 3 is 2.37 bits per heavy atom. The molecule has 0 saturated carbocycles. The summed E-state index contributed by atoms with van der Waals surface area (Å²) in [5, 5.41) is 1.19. The second-order valence-electron chi connectivity index (χ2n) is 7.28. The molecule has 27 heavy (non-hydrogen) atoms. The highest BCUT2D eigenvalue weighted by atomic mass is 16.5. The third kappa shape index (κ3) is 5.52. The Balaban J connectivity index is 2.19. The molecule has 144 valence electrons. The van der Waals surface area contributed by atoms with Gasteiger partial charge >= 0.3 is 6.09 Å². The molecule has 3 N–H and O–H groups in total. The van der Waals surface area contributed by atoms with Crippen LogP contribution in [0.4, 0.5) is 4.79 Å².